The molecule has 1 aromatic rings. The first kappa shape index (κ1) is 9.41. The minimum Gasteiger partial charge on any atom is -0.390 e. The fraction of sp³-hybridized carbons (Fsp3) is 0.500. The van der Waals surface area contributed by atoms with Gasteiger partial charge in [0.1, 0.15) is 12.3 Å². The second-order valence-corrected chi connectivity index (χ2v) is 2.72. The number of hydrogen-bond acceptors (Lipinski definition) is 2. The molecule has 0 saturated heterocycles. The van der Waals surface area contributed by atoms with Gasteiger partial charge in [0.05, 0.1) is 6.33 Å². The number of rotatable bonds is 2. The van der Waals surface area contributed by atoms with Gasteiger partial charge < -0.3 is 9.67 Å². The average Bonchev–Trinajstić information content (AvgIpc) is 2.31. The summed E-state index contributed by atoms with van der Waals surface area (Å²) in [6.45, 7) is -1.27. The summed E-state index contributed by atoms with van der Waals surface area (Å²) in [6.07, 6.45) is 1.17. The molecular weight excluding hydrogens is 190 g/mol. The Morgan fingerprint density at radius 2 is 2.33 bits per heavy atom. The lowest BCUT2D eigenvalue weighted by Crippen LogP contribution is -2.22. The van der Waals surface area contributed by atoms with Gasteiger partial charge in [-0.05, 0) is 0 Å². The van der Waals surface area contributed by atoms with E-state index in [2.05, 4.69) is 4.98 Å². The van der Waals surface area contributed by atoms with Crippen LogP contribution in [0.5, 0.6) is 0 Å². The SMILES string of the molecule is Cn1cnc(Cl)c1C(F)(F)CO. The lowest BCUT2D eigenvalue weighted by Gasteiger charge is -2.13. The van der Waals surface area contributed by atoms with Crippen molar-refractivity contribution in [3.63, 3.8) is 0 Å². The zero-order valence-corrected chi connectivity index (χ0v) is 7.02. The van der Waals surface area contributed by atoms with Gasteiger partial charge in [-0.1, -0.05) is 11.6 Å². The van der Waals surface area contributed by atoms with E-state index < -0.39 is 18.2 Å². The molecule has 12 heavy (non-hydrogen) atoms. The number of aryl methyl sites for hydroxylation is 1. The molecule has 0 saturated carbocycles. The molecule has 6 heteroatoms. The molecule has 0 aromatic carbocycles. The smallest absolute Gasteiger partial charge is 0.313 e. The maximum absolute atomic E-state index is 12.8. The van der Waals surface area contributed by atoms with Gasteiger partial charge in [0.15, 0.2) is 5.15 Å². The molecule has 0 bridgehead atoms. The van der Waals surface area contributed by atoms with Gasteiger partial charge in [-0.25, -0.2) is 4.98 Å². The van der Waals surface area contributed by atoms with Crippen LogP contribution < -0.4 is 0 Å². The van der Waals surface area contributed by atoms with Crippen LogP contribution in [0, 0.1) is 0 Å². The highest BCUT2D eigenvalue weighted by Gasteiger charge is 2.36. The maximum atomic E-state index is 12.8. The highest BCUT2D eigenvalue weighted by molar-refractivity contribution is 6.30. The molecule has 0 amide bonds. The Bertz CT molecular complexity index is 268. The van der Waals surface area contributed by atoms with E-state index in [0.29, 0.717) is 0 Å². The first-order valence-corrected chi connectivity index (χ1v) is 3.53. The van der Waals surface area contributed by atoms with E-state index in [4.69, 9.17) is 16.7 Å². The lowest BCUT2D eigenvalue weighted by atomic mass is 10.3. The van der Waals surface area contributed by atoms with Gasteiger partial charge in [-0.3, -0.25) is 0 Å². The summed E-state index contributed by atoms with van der Waals surface area (Å²) in [6, 6.07) is 0. The van der Waals surface area contributed by atoms with Crippen molar-refractivity contribution in [2.24, 2.45) is 7.05 Å². The Hall–Kier alpha value is -0.680. The minimum absolute atomic E-state index is 0.281. The molecule has 0 unspecified atom stereocenters. The monoisotopic (exact) mass is 196 g/mol. The van der Waals surface area contributed by atoms with Crippen molar-refractivity contribution >= 4 is 11.6 Å². The molecule has 0 fully saturated rings. The highest BCUT2D eigenvalue weighted by Crippen LogP contribution is 2.31. The predicted molar refractivity (Wildman–Crippen MR) is 39.2 cm³/mol. The molecule has 0 aliphatic rings. The van der Waals surface area contributed by atoms with E-state index in [0.717, 1.165) is 4.57 Å². The van der Waals surface area contributed by atoms with Crippen LogP contribution in [0.15, 0.2) is 6.33 Å². The highest BCUT2D eigenvalue weighted by atomic mass is 35.5. The van der Waals surface area contributed by atoms with Crippen LogP contribution in [0.3, 0.4) is 0 Å². The van der Waals surface area contributed by atoms with E-state index in [9.17, 15) is 8.78 Å². The summed E-state index contributed by atoms with van der Waals surface area (Å²) < 4.78 is 26.8. The first-order valence-electron chi connectivity index (χ1n) is 3.15. The van der Waals surface area contributed by atoms with Crippen LogP contribution >= 0.6 is 11.6 Å². The number of aromatic nitrogens is 2. The number of alkyl halides is 2. The van der Waals surface area contributed by atoms with Crippen molar-refractivity contribution in [3.05, 3.63) is 17.2 Å². The number of aliphatic hydroxyl groups excluding tert-OH is 1. The molecular formula is C6H7ClF2N2O. The average molecular weight is 197 g/mol. The predicted octanol–water partition coefficient (Wildman–Crippen LogP) is 1.16. The minimum atomic E-state index is -3.33. The van der Waals surface area contributed by atoms with Crippen molar-refractivity contribution in [3.8, 4) is 0 Å². The molecule has 1 rings (SSSR count). The van der Waals surface area contributed by atoms with E-state index >= 15 is 0 Å². The third-order valence-electron chi connectivity index (χ3n) is 1.44. The fourth-order valence-corrected chi connectivity index (χ4v) is 1.20. The summed E-state index contributed by atoms with van der Waals surface area (Å²) >= 11 is 5.39. The molecule has 0 radical (unpaired) electrons. The number of hydrogen-bond donors (Lipinski definition) is 1. The van der Waals surface area contributed by atoms with E-state index in [-0.39, 0.29) is 5.15 Å². The summed E-state index contributed by atoms with van der Waals surface area (Å²) in [5, 5.41) is 8.08. The van der Waals surface area contributed by atoms with Gasteiger partial charge >= 0.3 is 5.92 Å². The third-order valence-corrected chi connectivity index (χ3v) is 1.71. The van der Waals surface area contributed by atoms with Crippen LogP contribution in [0.4, 0.5) is 8.78 Å². The van der Waals surface area contributed by atoms with E-state index in [1.165, 1.54) is 13.4 Å². The number of halogens is 3. The van der Waals surface area contributed by atoms with Crippen molar-refractivity contribution in [1.29, 1.82) is 0 Å². The largest absolute Gasteiger partial charge is 0.390 e. The Balaban J connectivity index is 3.17. The summed E-state index contributed by atoms with van der Waals surface area (Å²) in [5.41, 5.74) is -0.466. The molecule has 0 atom stereocenters. The van der Waals surface area contributed by atoms with Crippen molar-refractivity contribution in [2.45, 2.75) is 5.92 Å². The molecule has 1 N–H and O–H groups in total. The summed E-state index contributed by atoms with van der Waals surface area (Å²) in [4.78, 5) is 3.47. The van der Waals surface area contributed by atoms with Gasteiger partial charge in [0, 0.05) is 7.05 Å². The fourth-order valence-electron chi connectivity index (χ4n) is 0.885. The molecule has 3 nitrogen and oxygen atoms in total. The van der Waals surface area contributed by atoms with Crippen LogP contribution in [0.25, 0.3) is 0 Å². The van der Waals surface area contributed by atoms with Crippen molar-refractivity contribution in [1.82, 2.24) is 9.55 Å². The lowest BCUT2D eigenvalue weighted by molar-refractivity contribution is -0.0612. The Labute approximate surface area is 72.6 Å². The normalized spacial score (nSPS) is 12.1. The quantitative estimate of drug-likeness (QED) is 0.771. The number of nitrogens with zero attached hydrogens (tertiary/aromatic N) is 2. The second-order valence-electron chi connectivity index (χ2n) is 2.36. The zero-order valence-electron chi connectivity index (χ0n) is 6.26. The van der Waals surface area contributed by atoms with E-state index in [1.807, 2.05) is 0 Å². The first-order chi connectivity index (χ1) is 5.49. The third kappa shape index (κ3) is 1.42. The molecule has 0 spiro atoms. The van der Waals surface area contributed by atoms with Gasteiger partial charge in [-0.15, -0.1) is 0 Å². The number of imidazole rings is 1. The summed E-state index contributed by atoms with van der Waals surface area (Å²) in [5.74, 6) is -3.33. The van der Waals surface area contributed by atoms with Gasteiger partial charge in [0.2, 0.25) is 0 Å². The van der Waals surface area contributed by atoms with Crippen LogP contribution in [0.1, 0.15) is 5.69 Å². The number of aliphatic hydroxyl groups is 1. The zero-order chi connectivity index (χ0) is 9.35. The van der Waals surface area contributed by atoms with Crippen LogP contribution in [-0.2, 0) is 13.0 Å². The van der Waals surface area contributed by atoms with Crippen molar-refractivity contribution in [2.75, 3.05) is 6.61 Å². The molecule has 0 aliphatic heterocycles. The van der Waals surface area contributed by atoms with Gasteiger partial charge in [-0.2, -0.15) is 8.78 Å². The molecule has 1 heterocycles. The van der Waals surface area contributed by atoms with Gasteiger partial charge in [0.25, 0.3) is 0 Å². The maximum Gasteiger partial charge on any atom is 0.313 e. The van der Waals surface area contributed by atoms with Crippen LogP contribution in [0.2, 0.25) is 5.15 Å². The standard InChI is InChI=1S/C6H7ClF2N2O/c1-11-3-10-5(7)4(11)6(8,9)2-12/h3,12H,2H2,1H3. The Morgan fingerprint density at radius 3 is 2.67 bits per heavy atom. The molecule has 0 aliphatic carbocycles. The summed E-state index contributed by atoms with van der Waals surface area (Å²) in [7, 11) is 1.39. The van der Waals surface area contributed by atoms with E-state index in [1.54, 1.807) is 0 Å². The molecule has 68 valence electrons. The molecule has 1 aromatic heterocycles. The Morgan fingerprint density at radius 1 is 1.75 bits per heavy atom. The van der Waals surface area contributed by atoms with Crippen molar-refractivity contribution < 1.29 is 13.9 Å². The van der Waals surface area contributed by atoms with Crippen LogP contribution in [-0.4, -0.2) is 21.3 Å². The topological polar surface area (TPSA) is 38.0 Å². The Kier molecular flexibility index (Phi) is 2.34. The second kappa shape index (κ2) is 2.99.